The highest BCUT2D eigenvalue weighted by Gasteiger charge is 2.16. The number of rotatable bonds is 5. The Morgan fingerprint density at radius 3 is 2.32 bits per heavy atom. The second-order valence-corrected chi connectivity index (χ2v) is 6.40. The number of piperazine rings is 1. The Balaban J connectivity index is 1.88. The lowest BCUT2D eigenvalue weighted by Gasteiger charge is -2.34. The first-order valence-electron chi connectivity index (χ1n) is 7.97. The highest BCUT2D eigenvalue weighted by molar-refractivity contribution is 5.91. The molecule has 0 radical (unpaired) electrons. The van der Waals surface area contributed by atoms with Crippen LogP contribution in [0, 0.1) is 5.92 Å². The number of hydrogen-bond donors (Lipinski definition) is 2. The number of anilines is 2. The van der Waals surface area contributed by atoms with E-state index < -0.39 is 6.10 Å². The van der Waals surface area contributed by atoms with Crippen molar-refractivity contribution in [2.24, 2.45) is 5.92 Å². The summed E-state index contributed by atoms with van der Waals surface area (Å²) in [6.07, 6.45) is -0.456. The zero-order valence-corrected chi connectivity index (χ0v) is 13.7. The van der Waals surface area contributed by atoms with Crippen LogP contribution < -0.4 is 10.2 Å². The summed E-state index contributed by atoms with van der Waals surface area (Å²) in [5.74, 6) is -0.0566. The lowest BCUT2D eigenvalue weighted by Crippen LogP contribution is -2.44. The zero-order chi connectivity index (χ0) is 16.1. The minimum absolute atomic E-state index is 0.0883. The van der Waals surface area contributed by atoms with Gasteiger partial charge in [-0.3, -0.25) is 4.79 Å². The Morgan fingerprint density at radius 1 is 1.18 bits per heavy atom. The smallest absolute Gasteiger partial charge is 0.226 e. The van der Waals surface area contributed by atoms with Gasteiger partial charge in [0.05, 0.1) is 12.5 Å². The van der Waals surface area contributed by atoms with E-state index in [-0.39, 0.29) is 18.2 Å². The molecular weight excluding hydrogens is 278 g/mol. The van der Waals surface area contributed by atoms with Gasteiger partial charge in [-0.2, -0.15) is 0 Å². The van der Waals surface area contributed by atoms with Gasteiger partial charge in [-0.15, -0.1) is 0 Å². The maximum Gasteiger partial charge on any atom is 0.226 e. The van der Waals surface area contributed by atoms with Crippen LogP contribution in [0.4, 0.5) is 11.4 Å². The lowest BCUT2D eigenvalue weighted by atomic mass is 10.0. The molecule has 0 spiro atoms. The molecule has 0 aliphatic carbocycles. The van der Waals surface area contributed by atoms with Gasteiger partial charge in [0.25, 0.3) is 0 Å². The second-order valence-electron chi connectivity index (χ2n) is 6.40. The van der Waals surface area contributed by atoms with Crippen LogP contribution in [-0.2, 0) is 4.79 Å². The van der Waals surface area contributed by atoms with Gasteiger partial charge in [0, 0.05) is 37.6 Å². The van der Waals surface area contributed by atoms with E-state index in [1.54, 1.807) is 0 Å². The van der Waals surface area contributed by atoms with E-state index in [1.165, 1.54) is 5.69 Å². The molecule has 5 nitrogen and oxygen atoms in total. The summed E-state index contributed by atoms with van der Waals surface area (Å²) < 4.78 is 0. The fourth-order valence-electron chi connectivity index (χ4n) is 2.46. The molecule has 1 aliphatic rings. The van der Waals surface area contributed by atoms with E-state index in [2.05, 4.69) is 22.2 Å². The van der Waals surface area contributed by atoms with E-state index >= 15 is 0 Å². The molecule has 0 bridgehead atoms. The topological polar surface area (TPSA) is 55.8 Å². The third-order valence-electron chi connectivity index (χ3n) is 4.18. The minimum atomic E-state index is -0.593. The summed E-state index contributed by atoms with van der Waals surface area (Å²) in [7, 11) is 2.14. The summed E-state index contributed by atoms with van der Waals surface area (Å²) >= 11 is 0. The maximum atomic E-state index is 11.9. The van der Waals surface area contributed by atoms with Gasteiger partial charge in [0.2, 0.25) is 5.91 Å². The number of aliphatic hydroxyl groups is 1. The van der Waals surface area contributed by atoms with Crippen molar-refractivity contribution in [1.82, 2.24) is 4.90 Å². The number of likely N-dealkylation sites (N-methyl/N-ethyl adjacent to an activating group) is 1. The van der Waals surface area contributed by atoms with Crippen LogP contribution in [0.5, 0.6) is 0 Å². The fourth-order valence-corrected chi connectivity index (χ4v) is 2.46. The molecule has 1 aromatic carbocycles. The molecule has 22 heavy (non-hydrogen) atoms. The molecule has 0 aromatic heterocycles. The number of nitrogens with one attached hydrogen (secondary N) is 1. The summed E-state index contributed by atoms with van der Waals surface area (Å²) in [5.41, 5.74) is 1.96. The first kappa shape index (κ1) is 16.8. The third-order valence-corrected chi connectivity index (χ3v) is 4.18. The van der Waals surface area contributed by atoms with E-state index in [0.29, 0.717) is 0 Å². The van der Waals surface area contributed by atoms with Gasteiger partial charge in [-0.1, -0.05) is 13.8 Å². The van der Waals surface area contributed by atoms with Gasteiger partial charge in [-0.05, 0) is 37.2 Å². The van der Waals surface area contributed by atoms with Crippen molar-refractivity contribution in [2.75, 3.05) is 43.4 Å². The largest absolute Gasteiger partial charge is 0.392 e. The summed E-state index contributed by atoms with van der Waals surface area (Å²) in [4.78, 5) is 16.5. The molecule has 0 saturated carbocycles. The van der Waals surface area contributed by atoms with Crippen molar-refractivity contribution in [1.29, 1.82) is 0 Å². The van der Waals surface area contributed by atoms with Crippen molar-refractivity contribution >= 4 is 17.3 Å². The Hall–Kier alpha value is -1.59. The molecule has 1 atom stereocenters. The van der Waals surface area contributed by atoms with Crippen molar-refractivity contribution in [2.45, 2.75) is 26.4 Å². The van der Waals surface area contributed by atoms with Crippen LogP contribution in [-0.4, -0.2) is 55.2 Å². The Kier molecular flexibility index (Phi) is 5.80. The lowest BCUT2D eigenvalue weighted by molar-refractivity contribution is -0.118. The predicted octanol–water partition coefficient (Wildman–Crippen LogP) is 1.78. The number of hydrogen-bond acceptors (Lipinski definition) is 4. The minimum Gasteiger partial charge on any atom is -0.392 e. The third kappa shape index (κ3) is 4.71. The monoisotopic (exact) mass is 305 g/mol. The van der Waals surface area contributed by atoms with Crippen LogP contribution in [0.3, 0.4) is 0 Å². The maximum absolute atomic E-state index is 11.9. The quantitative estimate of drug-likeness (QED) is 0.871. The van der Waals surface area contributed by atoms with Crippen molar-refractivity contribution in [3.05, 3.63) is 24.3 Å². The number of benzene rings is 1. The van der Waals surface area contributed by atoms with E-state index in [9.17, 15) is 9.90 Å². The molecule has 1 fully saturated rings. The molecule has 1 amide bonds. The molecule has 1 heterocycles. The number of amides is 1. The SMILES string of the molecule is CC(C)C(O)CC(=O)Nc1ccc(N2CCN(C)CC2)cc1. The first-order chi connectivity index (χ1) is 10.5. The molecule has 122 valence electrons. The van der Waals surface area contributed by atoms with Gasteiger partial charge in [0.1, 0.15) is 0 Å². The Morgan fingerprint density at radius 2 is 1.77 bits per heavy atom. The number of carbonyl (C=O) groups excluding carboxylic acids is 1. The summed E-state index contributed by atoms with van der Waals surface area (Å²) in [6, 6.07) is 7.93. The zero-order valence-electron chi connectivity index (χ0n) is 13.7. The standard InChI is InChI=1S/C17H27N3O2/c1-13(2)16(21)12-17(22)18-14-4-6-15(7-5-14)20-10-8-19(3)9-11-20/h4-7,13,16,21H,8-12H2,1-3H3,(H,18,22). The van der Waals surface area contributed by atoms with Gasteiger partial charge in [-0.25, -0.2) is 0 Å². The van der Waals surface area contributed by atoms with Crippen molar-refractivity contribution < 1.29 is 9.90 Å². The highest BCUT2D eigenvalue weighted by atomic mass is 16.3. The average Bonchev–Trinajstić information content (AvgIpc) is 2.48. The Labute approximate surface area is 132 Å². The molecular formula is C17H27N3O2. The number of nitrogens with zero attached hydrogens (tertiary/aromatic N) is 2. The van der Waals surface area contributed by atoms with Crippen molar-refractivity contribution in [3.8, 4) is 0 Å². The molecule has 2 rings (SSSR count). The molecule has 2 N–H and O–H groups in total. The van der Waals surface area contributed by atoms with Crippen molar-refractivity contribution in [3.63, 3.8) is 0 Å². The normalized spacial score (nSPS) is 17.6. The van der Waals surface area contributed by atoms with Crippen LogP contribution in [0.2, 0.25) is 0 Å². The van der Waals surface area contributed by atoms with Crippen LogP contribution in [0.25, 0.3) is 0 Å². The van der Waals surface area contributed by atoms with Gasteiger partial charge < -0.3 is 20.2 Å². The second kappa shape index (κ2) is 7.61. The van der Waals surface area contributed by atoms with E-state index in [1.807, 2.05) is 38.1 Å². The molecule has 5 heteroatoms. The van der Waals surface area contributed by atoms with Crippen LogP contribution in [0.15, 0.2) is 24.3 Å². The average molecular weight is 305 g/mol. The summed E-state index contributed by atoms with van der Waals surface area (Å²) in [5, 5.41) is 12.6. The van der Waals surface area contributed by atoms with Gasteiger partial charge >= 0.3 is 0 Å². The molecule has 1 aliphatic heterocycles. The predicted molar refractivity (Wildman–Crippen MR) is 90.2 cm³/mol. The highest BCUT2D eigenvalue weighted by Crippen LogP contribution is 2.19. The van der Waals surface area contributed by atoms with E-state index in [0.717, 1.165) is 31.9 Å². The van der Waals surface area contributed by atoms with Crippen LogP contribution >= 0.6 is 0 Å². The molecule has 1 unspecified atom stereocenters. The van der Waals surface area contributed by atoms with Crippen LogP contribution in [0.1, 0.15) is 20.3 Å². The first-order valence-corrected chi connectivity index (χ1v) is 7.97. The van der Waals surface area contributed by atoms with Gasteiger partial charge in [0.15, 0.2) is 0 Å². The summed E-state index contributed by atoms with van der Waals surface area (Å²) in [6.45, 7) is 8.02. The Bertz CT molecular complexity index is 479. The number of carbonyl (C=O) groups is 1. The molecule has 1 saturated heterocycles. The molecule has 1 aromatic rings. The van der Waals surface area contributed by atoms with E-state index in [4.69, 9.17) is 0 Å². The number of aliphatic hydroxyl groups excluding tert-OH is 1. The fraction of sp³-hybridized carbons (Fsp3) is 0.588.